The number of fused-ring (bicyclic) bond motifs is 1. The quantitative estimate of drug-likeness (QED) is 0.746. The number of morpholine rings is 1. The number of ether oxygens (including phenoxy) is 1. The molecule has 1 aliphatic rings. The fraction of sp³-hybridized carbons (Fsp3) is 0.333. The molecule has 0 bridgehead atoms. The molecule has 5 nitrogen and oxygen atoms in total. The second-order valence-corrected chi connectivity index (χ2v) is 6.03. The number of aromatic nitrogens is 3. The lowest BCUT2D eigenvalue weighted by Gasteiger charge is -2.32. The molecule has 118 valence electrons. The molecule has 1 aromatic carbocycles. The van der Waals surface area contributed by atoms with Gasteiger partial charge in [-0.1, -0.05) is 18.2 Å². The molecule has 0 aliphatic carbocycles. The predicted octanol–water partition coefficient (Wildman–Crippen LogP) is 2.54. The number of pyridine rings is 1. The minimum absolute atomic E-state index is 0.102. The molecule has 4 rings (SSSR count). The van der Waals surface area contributed by atoms with E-state index in [1.807, 2.05) is 36.4 Å². The van der Waals surface area contributed by atoms with E-state index in [9.17, 15) is 0 Å². The van der Waals surface area contributed by atoms with Crippen molar-refractivity contribution >= 4 is 10.9 Å². The molecule has 23 heavy (non-hydrogen) atoms. The van der Waals surface area contributed by atoms with Gasteiger partial charge in [-0.3, -0.25) is 14.6 Å². The molecule has 1 fully saturated rings. The van der Waals surface area contributed by atoms with E-state index in [4.69, 9.17) is 4.74 Å². The molecule has 1 aliphatic heterocycles. The first-order valence-electron chi connectivity index (χ1n) is 7.95. The highest BCUT2D eigenvalue weighted by molar-refractivity contribution is 5.81. The molecular weight excluding hydrogens is 288 g/mol. The Kier molecular flexibility index (Phi) is 3.81. The largest absolute Gasteiger partial charge is 0.371 e. The van der Waals surface area contributed by atoms with Crippen molar-refractivity contribution in [1.82, 2.24) is 19.7 Å². The van der Waals surface area contributed by atoms with Gasteiger partial charge in [-0.15, -0.1) is 0 Å². The van der Waals surface area contributed by atoms with Gasteiger partial charge < -0.3 is 4.74 Å². The Morgan fingerprint density at radius 2 is 2.22 bits per heavy atom. The first kappa shape index (κ1) is 14.4. The van der Waals surface area contributed by atoms with Gasteiger partial charge in [0.25, 0.3) is 0 Å². The van der Waals surface area contributed by atoms with E-state index in [1.54, 1.807) is 0 Å². The first-order chi connectivity index (χ1) is 11.3. The van der Waals surface area contributed by atoms with E-state index in [0.717, 1.165) is 37.3 Å². The molecule has 0 saturated carbocycles. The number of benzene rings is 1. The number of hydrogen-bond donors (Lipinski definition) is 0. The van der Waals surface area contributed by atoms with E-state index < -0.39 is 0 Å². The van der Waals surface area contributed by atoms with Gasteiger partial charge in [0.15, 0.2) is 0 Å². The molecule has 3 heterocycles. The Labute approximate surface area is 135 Å². The maximum Gasteiger partial charge on any atom is 0.0982 e. The monoisotopic (exact) mass is 308 g/mol. The number of rotatable bonds is 3. The van der Waals surface area contributed by atoms with Crippen LogP contribution < -0.4 is 0 Å². The van der Waals surface area contributed by atoms with Crippen LogP contribution in [-0.4, -0.2) is 39.4 Å². The van der Waals surface area contributed by atoms with Gasteiger partial charge in [0, 0.05) is 50.0 Å². The second-order valence-electron chi connectivity index (χ2n) is 6.03. The Morgan fingerprint density at radius 1 is 1.26 bits per heavy atom. The molecule has 5 heteroatoms. The lowest BCUT2D eigenvalue weighted by atomic mass is 10.1. The van der Waals surface area contributed by atoms with E-state index in [0.29, 0.717) is 0 Å². The Hall–Kier alpha value is -2.24. The third-order valence-corrected chi connectivity index (χ3v) is 4.38. The highest BCUT2D eigenvalue weighted by Crippen LogP contribution is 2.24. The number of hydrogen-bond acceptors (Lipinski definition) is 4. The SMILES string of the molecule is Cn1cc(C2CN(Cc3cccc4ncccc34)CCO2)cn1. The maximum absolute atomic E-state index is 5.93. The summed E-state index contributed by atoms with van der Waals surface area (Å²) in [6.07, 6.45) is 5.89. The van der Waals surface area contributed by atoms with Crippen LogP contribution in [0.25, 0.3) is 10.9 Å². The van der Waals surface area contributed by atoms with Crippen LogP contribution in [-0.2, 0) is 18.3 Å². The zero-order valence-electron chi connectivity index (χ0n) is 13.2. The minimum atomic E-state index is 0.102. The standard InChI is InChI=1S/C18H20N4O/c1-21-11-15(10-20-21)18-13-22(8-9-23-18)12-14-4-2-6-17-16(14)5-3-7-19-17/h2-7,10-11,18H,8-9,12-13H2,1H3. The zero-order valence-corrected chi connectivity index (χ0v) is 13.2. The van der Waals surface area contributed by atoms with E-state index in [2.05, 4.69) is 39.2 Å². The third kappa shape index (κ3) is 2.98. The van der Waals surface area contributed by atoms with Crippen molar-refractivity contribution in [3.63, 3.8) is 0 Å². The lowest BCUT2D eigenvalue weighted by molar-refractivity contribution is -0.0328. The first-order valence-corrected chi connectivity index (χ1v) is 7.95. The summed E-state index contributed by atoms with van der Waals surface area (Å²) in [7, 11) is 1.94. The van der Waals surface area contributed by atoms with Gasteiger partial charge in [-0.2, -0.15) is 5.10 Å². The van der Waals surface area contributed by atoms with Gasteiger partial charge in [-0.05, 0) is 17.7 Å². The van der Waals surface area contributed by atoms with Crippen LogP contribution in [0.1, 0.15) is 17.2 Å². The van der Waals surface area contributed by atoms with Crippen molar-refractivity contribution in [3.8, 4) is 0 Å². The van der Waals surface area contributed by atoms with Crippen molar-refractivity contribution < 1.29 is 4.74 Å². The molecule has 0 amide bonds. The van der Waals surface area contributed by atoms with Gasteiger partial charge in [0.2, 0.25) is 0 Å². The fourth-order valence-electron chi connectivity index (χ4n) is 3.20. The predicted molar refractivity (Wildman–Crippen MR) is 88.9 cm³/mol. The summed E-state index contributed by atoms with van der Waals surface area (Å²) in [4.78, 5) is 6.89. The van der Waals surface area contributed by atoms with Crippen LogP contribution in [0.4, 0.5) is 0 Å². The highest BCUT2D eigenvalue weighted by Gasteiger charge is 2.23. The van der Waals surface area contributed by atoms with Crippen molar-refractivity contribution in [2.24, 2.45) is 7.05 Å². The topological polar surface area (TPSA) is 43.2 Å². The van der Waals surface area contributed by atoms with Crippen LogP contribution in [0.15, 0.2) is 48.9 Å². The third-order valence-electron chi connectivity index (χ3n) is 4.38. The van der Waals surface area contributed by atoms with Gasteiger partial charge in [0.1, 0.15) is 0 Å². The van der Waals surface area contributed by atoms with E-state index in [-0.39, 0.29) is 6.10 Å². The van der Waals surface area contributed by atoms with Gasteiger partial charge >= 0.3 is 0 Å². The summed E-state index contributed by atoms with van der Waals surface area (Å²) >= 11 is 0. The summed E-state index contributed by atoms with van der Waals surface area (Å²) in [5, 5.41) is 5.49. The van der Waals surface area contributed by atoms with Gasteiger partial charge in [0.05, 0.1) is 24.4 Å². The maximum atomic E-state index is 5.93. The summed E-state index contributed by atoms with van der Waals surface area (Å²) in [6, 6.07) is 10.5. The van der Waals surface area contributed by atoms with Crippen molar-refractivity contribution in [3.05, 3.63) is 60.0 Å². The number of nitrogens with zero attached hydrogens (tertiary/aromatic N) is 4. The molecular formula is C18H20N4O. The van der Waals surface area contributed by atoms with Crippen LogP contribution in [0.2, 0.25) is 0 Å². The summed E-state index contributed by atoms with van der Waals surface area (Å²) < 4.78 is 7.75. The van der Waals surface area contributed by atoms with Crippen LogP contribution in [0.3, 0.4) is 0 Å². The molecule has 0 N–H and O–H groups in total. The molecule has 1 saturated heterocycles. The van der Waals surface area contributed by atoms with Gasteiger partial charge in [-0.25, -0.2) is 0 Å². The van der Waals surface area contributed by atoms with E-state index >= 15 is 0 Å². The highest BCUT2D eigenvalue weighted by atomic mass is 16.5. The Balaban J connectivity index is 1.54. The Morgan fingerprint density at radius 3 is 3.09 bits per heavy atom. The number of aryl methyl sites for hydroxylation is 1. The average Bonchev–Trinajstić information content (AvgIpc) is 3.02. The molecule has 0 radical (unpaired) electrons. The van der Waals surface area contributed by atoms with Crippen molar-refractivity contribution in [1.29, 1.82) is 0 Å². The van der Waals surface area contributed by atoms with Crippen molar-refractivity contribution in [2.75, 3.05) is 19.7 Å². The summed E-state index contributed by atoms with van der Waals surface area (Å²) in [5.41, 5.74) is 3.53. The zero-order chi connectivity index (χ0) is 15.6. The molecule has 1 atom stereocenters. The molecule has 2 aromatic heterocycles. The minimum Gasteiger partial charge on any atom is -0.371 e. The average molecular weight is 308 g/mol. The Bertz CT molecular complexity index is 808. The molecule has 0 spiro atoms. The summed E-state index contributed by atoms with van der Waals surface area (Å²) in [5.74, 6) is 0. The van der Waals surface area contributed by atoms with Crippen LogP contribution in [0, 0.1) is 0 Å². The molecule has 1 unspecified atom stereocenters. The van der Waals surface area contributed by atoms with E-state index in [1.165, 1.54) is 10.9 Å². The normalized spacial score (nSPS) is 19.3. The van der Waals surface area contributed by atoms with Crippen LogP contribution >= 0.6 is 0 Å². The summed E-state index contributed by atoms with van der Waals surface area (Å²) in [6.45, 7) is 3.52. The fourth-order valence-corrected chi connectivity index (χ4v) is 3.20. The lowest BCUT2D eigenvalue weighted by Crippen LogP contribution is -2.37. The van der Waals surface area contributed by atoms with Crippen LogP contribution in [0.5, 0.6) is 0 Å². The molecule has 3 aromatic rings. The second kappa shape index (κ2) is 6.10. The van der Waals surface area contributed by atoms with Crippen molar-refractivity contribution in [2.45, 2.75) is 12.6 Å². The smallest absolute Gasteiger partial charge is 0.0982 e.